The average Bonchev–Trinajstić information content (AvgIpc) is 3.07. The van der Waals surface area contributed by atoms with Crippen molar-refractivity contribution >= 4 is 5.97 Å². The number of nitrogens with one attached hydrogen (secondary N) is 1. The first-order valence-corrected chi connectivity index (χ1v) is 7.88. The number of aliphatic carboxylic acids is 1. The highest BCUT2D eigenvalue weighted by molar-refractivity contribution is 5.78. The molecule has 1 aliphatic heterocycles. The molecule has 2 aliphatic rings. The Morgan fingerprint density at radius 3 is 2.70 bits per heavy atom. The Balaban J connectivity index is 1.80. The van der Waals surface area contributed by atoms with E-state index in [2.05, 4.69) is 17.1 Å². The number of likely N-dealkylation sites (N-methyl/N-ethyl adjacent to an activating group) is 1. The molecular formula is C15H28N2O3. The van der Waals surface area contributed by atoms with Crippen molar-refractivity contribution in [2.45, 2.75) is 63.6 Å². The zero-order valence-electron chi connectivity index (χ0n) is 12.7. The van der Waals surface area contributed by atoms with Gasteiger partial charge >= 0.3 is 5.97 Å². The molecule has 2 atom stereocenters. The van der Waals surface area contributed by atoms with E-state index in [1.165, 1.54) is 0 Å². The summed E-state index contributed by atoms with van der Waals surface area (Å²) in [4.78, 5) is 13.8. The van der Waals surface area contributed by atoms with E-state index >= 15 is 0 Å². The average molecular weight is 284 g/mol. The Morgan fingerprint density at radius 2 is 2.20 bits per heavy atom. The fraction of sp³-hybridized carbons (Fsp3) is 0.933. The monoisotopic (exact) mass is 284 g/mol. The summed E-state index contributed by atoms with van der Waals surface area (Å²) >= 11 is 0. The van der Waals surface area contributed by atoms with Gasteiger partial charge in [0.1, 0.15) is 5.54 Å². The van der Waals surface area contributed by atoms with E-state index in [4.69, 9.17) is 4.74 Å². The highest BCUT2D eigenvalue weighted by Crippen LogP contribution is 2.24. The molecule has 2 rings (SSSR count). The topological polar surface area (TPSA) is 61.8 Å². The van der Waals surface area contributed by atoms with Crippen molar-refractivity contribution in [2.24, 2.45) is 0 Å². The minimum absolute atomic E-state index is 0.336. The van der Waals surface area contributed by atoms with Gasteiger partial charge in [-0.05, 0) is 45.6 Å². The molecule has 1 saturated carbocycles. The van der Waals surface area contributed by atoms with Gasteiger partial charge in [0.15, 0.2) is 0 Å². The molecule has 0 aromatic heterocycles. The molecule has 1 aliphatic carbocycles. The first-order valence-electron chi connectivity index (χ1n) is 7.88. The van der Waals surface area contributed by atoms with Crippen LogP contribution in [0.4, 0.5) is 0 Å². The quantitative estimate of drug-likeness (QED) is 0.671. The zero-order valence-corrected chi connectivity index (χ0v) is 12.7. The molecule has 5 heteroatoms. The standard InChI is InChI=1S/C15H28N2O3/c1-3-17(11-13-5-4-10-20-13)9-8-15(2,14(18)19)16-12-6-7-12/h12-13,16H,3-11H2,1-2H3,(H,18,19). The lowest BCUT2D eigenvalue weighted by atomic mass is 9.97. The molecule has 0 aromatic rings. The number of rotatable bonds is 9. The van der Waals surface area contributed by atoms with E-state index in [-0.39, 0.29) is 0 Å². The summed E-state index contributed by atoms with van der Waals surface area (Å²) in [6, 6.07) is 0.407. The second kappa shape index (κ2) is 6.87. The second-order valence-corrected chi connectivity index (χ2v) is 6.33. The van der Waals surface area contributed by atoms with Crippen molar-refractivity contribution in [3.8, 4) is 0 Å². The van der Waals surface area contributed by atoms with E-state index in [9.17, 15) is 9.90 Å². The summed E-state index contributed by atoms with van der Waals surface area (Å²) in [6.45, 7) is 7.49. The predicted octanol–water partition coefficient (Wildman–Crippen LogP) is 1.47. The molecule has 0 bridgehead atoms. The molecule has 2 unspecified atom stereocenters. The third-order valence-corrected chi connectivity index (χ3v) is 4.43. The minimum atomic E-state index is -0.800. The van der Waals surface area contributed by atoms with Gasteiger partial charge in [0.25, 0.3) is 0 Å². The number of carbonyl (C=O) groups is 1. The number of hydrogen-bond acceptors (Lipinski definition) is 4. The maximum absolute atomic E-state index is 11.5. The minimum Gasteiger partial charge on any atom is -0.480 e. The number of ether oxygens (including phenoxy) is 1. The highest BCUT2D eigenvalue weighted by atomic mass is 16.5. The van der Waals surface area contributed by atoms with Crippen LogP contribution in [0.5, 0.6) is 0 Å². The largest absolute Gasteiger partial charge is 0.480 e. The van der Waals surface area contributed by atoms with Crippen molar-refractivity contribution in [1.29, 1.82) is 0 Å². The van der Waals surface area contributed by atoms with E-state index in [0.717, 1.165) is 51.9 Å². The van der Waals surface area contributed by atoms with Crippen LogP contribution in [0.15, 0.2) is 0 Å². The van der Waals surface area contributed by atoms with Gasteiger partial charge < -0.3 is 14.7 Å². The predicted molar refractivity (Wildman–Crippen MR) is 77.9 cm³/mol. The van der Waals surface area contributed by atoms with Gasteiger partial charge in [-0.25, -0.2) is 0 Å². The Bertz CT molecular complexity index is 327. The Labute approximate surface area is 121 Å². The van der Waals surface area contributed by atoms with Crippen LogP contribution in [0.2, 0.25) is 0 Å². The molecule has 1 heterocycles. The van der Waals surface area contributed by atoms with Gasteiger partial charge in [0.2, 0.25) is 0 Å². The molecule has 20 heavy (non-hydrogen) atoms. The number of carboxylic acid groups (broad SMARTS) is 1. The van der Waals surface area contributed by atoms with Crippen molar-refractivity contribution in [3.63, 3.8) is 0 Å². The van der Waals surface area contributed by atoms with Gasteiger partial charge in [-0.1, -0.05) is 6.92 Å². The molecule has 2 N–H and O–H groups in total. The zero-order chi connectivity index (χ0) is 14.6. The summed E-state index contributed by atoms with van der Waals surface area (Å²) in [7, 11) is 0. The summed E-state index contributed by atoms with van der Waals surface area (Å²) < 4.78 is 5.67. The van der Waals surface area contributed by atoms with Gasteiger partial charge in [-0.2, -0.15) is 0 Å². The normalized spacial score (nSPS) is 25.9. The van der Waals surface area contributed by atoms with Gasteiger partial charge in [0, 0.05) is 25.7 Å². The third-order valence-electron chi connectivity index (χ3n) is 4.43. The van der Waals surface area contributed by atoms with Crippen LogP contribution in [-0.2, 0) is 9.53 Å². The van der Waals surface area contributed by atoms with E-state index in [1.807, 2.05) is 6.92 Å². The number of carboxylic acids is 1. The van der Waals surface area contributed by atoms with Crippen LogP contribution >= 0.6 is 0 Å². The maximum atomic E-state index is 11.5. The molecule has 0 spiro atoms. The lowest BCUT2D eigenvalue weighted by Gasteiger charge is -2.30. The SMILES string of the molecule is CCN(CCC(C)(NC1CC1)C(=O)O)CC1CCCO1. The smallest absolute Gasteiger partial charge is 0.323 e. The Hall–Kier alpha value is -0.650. The van der Waals surface area contributed by atoms with Crippen molar-refractivity contribution in [2.75, 3.05) is 26.2 Å². The maximum Gasteiger partial charge on any atom is 0.323 e. The van der Waals surface area contributed by atoms with Crippen molar-refractivity contribution < 1.29 is 14.6 Å². The van der Waals surface area contributed by atoms with Crippen LogP contribution in [0.1, 0.15) is 46.0 Å². The third kappa shape index (κ3) is 4.43. The number of hydrogen-bond donors (Lipinski definition) is 2. The van der Waals surface area contributed by atoms with Crippen molar-refractivity contribution in [1.82, 2.24) is 10.2 Å². The highest BCUT2D eigenvalue weighted by Gasteiger charge is 2.38. The molecule has 1 saturated heterocycles. The molecule has 5 nitrogen and oxygen atoms in total. The lowest BCUT2D eigenvalue weighted by Crippen LogP contribution is -2.52. The van der Waals surface area contributed by atoms with Gasteiger partial charge in [-0.3, -0.25) is 10.1 Å². The summed E-state index contributed by atoms with van der Waals surface area (Å²) in [5.41, 5.74) is -0.800. The number of nitrogens with zero attached hydrogens (tertiary/aromatic N) is 1. The Morgan fingerprint density at radius 1 is 1.45 bits per heavy atom. The molecule has 0 radical (unpaired) electrons. The fourth-order valence-electron chi connectivity index (χ4n) is 2.76. The first kappa shape index (κ1) is 15.7. The molecule has 2 fully saturated rings. The first-order chi connectivity index (χ1) is 9.53. The van der Waals surface area contributed by atoms with Crippen LogP contribution in [0.25, 0.3) is 0 Å². The van der Waals surface area contributed by atoms with E-state index in [1.54, 1.807) is 0 Å². The van der Waals surface area contributed by atoms with Gasteiger partial charge in [0.05, 0.1) is 6.10 Å². The molecule has 116 valence electrons. The van der Waals surface area contributed by atoms with Crippen LogP contribution in [-0.4, -0.2) is 59.9 Å². The fourth-order valence-corrected chi connectivity index (χ4v) is 2.76. The Kier molecular flexibility index (Phi) is 5.41. The second-order valence-electron chi connectivity index (χ2n) is 6.33. The van der Waals surface area contributed by atoms with E-state index in [0.29, 0.717) is 18.6 Å². The lowest BCUT2D eigenvalue weighted by molar-refractivity contribution is -0.144. The summed E-state index contributed by atoms with van der Waals surface area (Å²) in [5, 5.41) is 12.8. The molecule has 0 amide bonds. The summed E-state index contributed by atoms with van der Waals surface area (Å²) in [6.07, 6.45) is 5.47. The van der Waals surface area contributed by atoms with Gasteiger partial charge in [-0.15, -0.1) is 0 Å². The van der Waals surface area contributed by atoms with Crippen molar-refractivity contribution in [3.05, 3.63) is 0 Å². The molecular weight excluding hydrogens is 256 g/mol. The van der Waals surface area contributed by atoms with Crippen LogP contribution in [0.3, 0.4) is 0 Å². The molecule has 0 aromatic carbocycles. The van der Waals surface area contributed by atoms with Crippen LogP contribution in [0, 0.1) is 0 Å². The van der Waals surface area contributed by atoms with Crippen LogP contribution < -0.4 is 5.32 Å². The summed E-state index contributed by atoms with van der Waals surface area (Å²) in [5.74, 6) is -0.738. The van der Waals surface area contributed by atoms with E-state index < -0.39 is 11.5 Å².